The fraction of sp³-hybridized carbons (Fsp3) is 1.00. The zero-order chi connectivity index (χ0) is 11.6. The predicted octanol–water partition coefficient (Wildman–Crippen LogP) is 4.04. The van der Waals surface area contributed by atoms with Gasteiger partial charge in [0.15, 0.2) is 0 Å². The van der Waals surface area contributed by atoms with Crippen LogP contribution in [0.4, 0.5) is 0 Å². The molecule has 2 heteroatoms. The smallest absolute Gasteiger partial charge is 0.0645 e. The monoisotopic (exact) mass is 241 g/mol. The Bertz CT molecular complexity index is 221. The second-order valence-electron chi connectivity index (χ2n) is 6.24. The summed E-state index contributed by atoms with van der Waals surface area (Å²) in [5.41, 5.74) is 0.556. The van der Waals surface area contributed by atoms with Gasteiger partial charge in [-0.1, -0.05) is 27.2 Å². The zero-order valence-electron chi connectivity index (χ0n) is 11.1. The third kappa shape index (κ3) is 2.59. The first-order valence-electron chi connectivity index (χ1n) is 6.97. The van der Waals surface area contributed by atoms with Gasteiger partial charge in [-0.3, -0.25) is 0 Å². The lowest BCUT2D eigenvalue weighted by atomic mass is 9.68. The van der Waals surface area contributed by atoms with Gasteiger partial charge in [-0.15, -0.1) is 11.8 Å². The highest BCUT2D eigenvalue weighted by Gasteiger charge is 2.40. The fourth-order valence-electron chi connectivity index (χ4n) is 3.18. The third-order valence-corrected chi connectivity index (χ3v) is 6.55. The molecule has 0 radical (unpaired) electrons. The molecule has 0 atom stereocenters. The number of nitrogens with one attached hydrogen (secondary N) is 1. The molecule has 0 bridgehead atoms. The van der Waals surface area contributed by atoms with Crippen molar-refractivity contribution in [3.63, 3.8) is 0 Å². The van der Waals surface area contributed by atoms with Crippen molar-refractivity contribution in [2.45, 2.75) is 64.2 Å². The number of hydrogen-bond acceptors (Lipinski definition) is 2. The average Bonchev–Trinajstić information content (AvgIpc) is 2.31. The molecule has 2 aliphatic rings. The molecule has 0 amide bonds. The van der Waals surface area contributed by atoms with E-state index in [4.69, 9.17) is 0 Å². The Balaban J connectivity index is 1.91. The van der Waals surface area contributed by atoms with E-state index in [1.807, 2.05) is 0 Å². The molecule has 0 aromatic rings. The first kappa shape index (κ1) is 12.8. The molecule has 0 aromatic carbocycles. The van der Waals surface area contributed by atoms with Crippen LogP contribution in [0.25, 0.3) is 0 Å². The van der Waals surface area contributed by atoms with Gasteiger partial charge in [0, 0.05) is 0 Å². The molecule has 1 aliphatic carbocycles. The molecule has 0 aromatic heterocycles. The highest BCUT2D eigenvalue weighted by atomic mass is 32.2. The van der Waals surface area contributed by atoms with Crippen molar-refractivity contribution in [2.24, 2.45) is 11.3 Å². The van der Waals surface area contributed by atoms with Crippen LogP contribution < -0.4 is 5.32 Å². The van der Waals surface area contributed by atoms with E-state index in [-0.39, 0.29) is 0 Å². The molecule has 1 heterocycles. The maximum atomic E-state index is 3.79. The molecule has 1 saturated carbocycles. The van der Waals surface area contributed by atoms with Gasteiger partial charge in [0.25, 0.3) is 0 Å². The Hall–Kier alpha value is 0.310. The van der Waals surface area contributed by atoms with Crippen LogP contribution in [0.15, 0.2) is 0 Å². The van der Waals surface area contributed by atoms with Crippen LogP contribution in [-0.2, 0) is 0 Å². The zero-order valence-corrected chi connectivity index (χ0v) is 12.0. The molecular formula is C14H27NS. The molecule has 2 rings (SSSR count). The van der Waals surface area contributed by atoms with Crippen molar-refractivity contribution < 1.29 is 0 Å². The Morgan fingerprint density at radius 3 is 2.50 bits per heavy atom. The molecule has 1 spiro atoms. The Labute approximate surface area is 105 Å². The summed E-state index contributed by atoms with van der Waals surface area (Å²) >= 11 is 2.20. The summed E-state index contributed by atoms with van der Waals surface area (Å²) in [6.07, 6.45) is 8.33. The van der Waals surface area contributed by atoms with E-state index in [2.05, 4.69) is 37.8 Å². The summed E-state index contributed by atoms with van der Waals surface area (Å²) < 4.78 is 0. The van der Waals surface area contributed by atoms with Gasteiger partial charge in [0.05, 0.1) is 4.87 Å². The molecule has 94 valence electrons. The molecule has 16 heavy (non-hydrogen) atoms. The van der Waals surface area contributed by atoms with E-state index < -0.39 is 0 Å². The topological polar surface area (TPSA) is 12.0 Å². The molecular weight excluding hydrogens is 214 g/mol. The third-order valence-electron chi connectivity index (χ3n) is 4.96. The van der Waals surface area contributed by atoms with Gasteiger partial charge >= 0.3 is 0 Å². The van der Waals surface area contributed by atoms with Gasteiger partial charge in [0.1, 0.15) is 0 Å². The van der Waals surface area contributed by atoms with Crippen molar-refractivity contribution in [2.75, 3.05) is 12.3 Å². The summed E-state index contributed by atoms with van der Waals surface area (Å²) in [7, 11) is 0. The summed E-state index contributed by atoms with van der Waals surface area (Å²) in [6, 6.07) is 0. The Kier molecular flexibility index (Phi) is 3.90. The first-order chi connectivity index (χ1) is 7.58. The van der Waals surface area contributed by atoms with Crippen molar-refractivity contribution in [1.29, 1.82) is 0 Å². The summed E-state index contributed by atoms with van der Waals surface area (Å²) in [6.45, 7) is 8.50. The highest BCUT2D eigenvalue weighted by Crippen LogP contribution is 2.47. The maximum Gasteiger partial charge on any atom is 0.0645 e. The van der Waals surface area contributed by atoms with E-state index in [1.165, 1.54) is 50.8 Å². The molecule has 1 nitrogen and oxygen atoms in total. The fourth-order valence-corrected chi connectivity index (χ4v) is 4.59. The molecule has 1 aliphatic heterocycles. The predicted molar refractivity (Wildman–Crippen MR) is 73.8 cm³/mol. The standard InChI is InChI=1S/C14H27NS/c1-4-13(2,3)12-6-8-14(9-7-12)15-10-5-11-16-14/h12,15H,4-11H2,1-3H3. The molecule has 0 unspecified atom stereocenters. The number of thioether (sulfide) groups is 1. The van der Waals surface area contributed by atoms with Gasteiger partial charge in [-0.2, -0.15) is 0 Å². The Morgan fingerprint density at radius 1 is 1.31 bits per heavy atom. The van der Waals surface area contributed by atoms with E-state index >= 15 is 0 Å². The lowest BCUT2D eigenvalue weighted by Crippen LogP contribution is -2.49. The van der Waals surface area contributed by atoms with E-state index in [1.54, 1.807) is 0 Å². The number of hydrogen-bond donors (Lipinski definition) is 1. The minimum absolute atomic E-state index is 0.471. The van der Waals surface area contributed by atoms with Crippen molar-refractivity contribution in [3.05, 3.63) is 0 Å². The van der Waals surface area contributed by atoms with Gasteiger partial charge in [0.2, 0.25) is 0 Å². The minimum Gasteiger partial charge on any atom is -0.303 e. The van der Waals surface area contributed by atoms with Crippen LogP contribution >= 0.6 is 11.8 Å². The largest absolute Gasteiger partial charge is 0.303 e. The highest BCUT2D eigenvalue weighted by molar-refractivity contribution is 8.00. The van der Waals surface area contributed by atoms with Crippen molar-refractivity contribution in [1.82, 2.24) is 5.32 Å². The van der Waals surface area contributed by atoms with E-state index in [0.29, 0.717) is 10.3 Å². The van der Waals surface area contributed by atoms with Crippen LogP contribution in [0.3, 0.4) is 0 Å². The van der Waals surface area contributed by atoms with Crippen LogP contribution in [0, 0.1) is 11.3 Å². The maximum absolute atomic E-state index is 3.79. The SMILES string of the molecule is CCC(C)(C)C1CCC2(CC1)NCCCS2. The van der Waals surface area contributed by atoms with Crippen LogP contribution in [-0.4, -0.2) is 17.2 Å². The summed E-state index contributed by atoms with van der Waals surface area (Å²) in [5, 5.41) is 3.79. The van der Waals surface area contributed by atoms with Crippen molar-refractivity contribution >= 4 is 11.8 Å². The quantitative estimate of drug-likeness (QED) is 0.783. The van der Waals surface area contributed by atoms with E-state index in [0.717, 1.165) is 5.92 Å². The summed E-state index contributed by atoms with van der Waals surface area (Å²) in [4.78, 5) is 0.471. The first-order valence-corrected chi connectivity index (χ1v) is 7.95. The van der Waals surface area contributed by atoms with E-state index in [9.17, 15) is 0 Å². The van der Waals surface area contributed by atoms with Crippen LogP contribution in [0.1, 0.15) is 59.3 Å². The van der Waals surface area contributed by atoms with Gasteiger partial charge in [-0.25, -0.2) is 0 Å². The second kappa shape index (κ2) is 4.89. The van der Waals surface area contributed by atoms with Crippen molar-refractivity contribution in [3.8, 4) is 0 Å². The van der Waals surface area contributed by atoms with Crippen LogP contribution in [0.5, 0.6) is 0 Å². The number of rotatable bonds is 2. The lowest BCUT2D eigenvalue weighted by Gasteiger charge is -2.46. The van der Waals surface area contributed by atoms with Gasteiger partial charge < -0.3 is 5.32 Å². The molecule has 2 fully saturated rings. The lowest BCUT2D eigenvalue weighted by molar-refractivity contribution is 0.128. The normalized spacial score (nSPS) is 36.6. The average molecular weight is 241 g/mol. The molecule has 1 N–H and O–H groups in total. The Morgan fingerprint density at radius 2 is 2.00 bits per heavy atom. The summed E-state index contributed by atoms with van der Waals surface area (Å²) in [5.74, 6) is 2.32. The van der Waals surface area contributed by atoms with Gasteiger partial charge in [-0.05, 0) is 55.7 Å². The second-order valence-corrected chi connectivity index (χ2v) is 7.72. The minimum atomic E-state index is 0.471. The molecule has 1 saturated heterocycles. The van der Waals surface area contributed by atoms with Crippen LogP contribution in [0.2, 0.25) is 0 Å².